The summed E-state index contributed by atoms with van der Waals surface area (Å²) in [4.78, 5) is 1.35. The first kappa shape index (κ1) is 22.1. The highest BCUT2D eigenvalue weighted by Gasteiger charge is 2.30. The molecular weight excluding hydrogens is 391 g/mol. The molecule has 0 aliphatic heterocycles. The summed E-state index contributed by atoms with van der Waals surface area (Å²) in [5, 5.41) is 0.640. The van der Waals surface area contributed by atoms with Crippen molar-refractivity contribution in [3.8, 4) is 0 Å². The third-order valence-corrected chi connectivity index (χ3v) is 5.77. The lowest BCUT2D eigenvalue weighted by atomic mass is 9.90. The Hall–Kier alpha value is -1.17. The van der Waals surface area contributed by atoms with Crippen LogP contribution in [0.15, 0.2) is 52.3 Å². The predicted molar refractivity (Wildman–Crippen MR) is 107 cm³/mol. The van der Waals surface area contributed by atoms with Crippen molar-refractivity contribution < 1.29 is 13.2 Å². The second-order valence-electron chi connectivity index (χ2n) is 7.14. The van der Waals surface area contributed by atoms with Crippen LogP contribution in [0.3, 0.4) is 0 Å². The Balaban J connectivity index is 2.00. The Morgan fingerprint density at radius 2 is 1.74 bits per heavy atom. The van der Waals surface area contributed by atoms with Crippen molar-refractivity contribution in [2.75, 3.05) is 0 Å². The van der Waals surface area contributed by atoms with E-state index in [-0.39, 0.29) is 5.54 Å². The number of alkyl halides is 3. The molecule has 27 heavy (non-hydrogen) atoms. The van der Waals surface area contributed by atoms with Gasteiger partial charge in [-0.15, -0.1) is 0 Å². The van der Waals surface area contributed by atoms with E-state index in [4.69, 9.17) is 17.3 Å². The summed E-state index contributed by atoms with van der Waals surface area (Å²) in [5.41, 5.74) is 6.51. The first-order valence-electron chi connectivity index (χ1n) is 9.03. The van der Waals surface area contributed by atoms with E-state index in [2.05, 4.69) is 13.8 Å². The molecule has 0 amide bonds. The van der Waals surface area contributed by atoms with Gasteiger partial charge in [-0.05, 0) is 68.5 Å². The Labute approximate surface area is 168 Å². The third-order valence-electron chi connectivity index (χ3n) is 4.44. The minimum absolute atomic E-state index is 0.152. The van der Waals surface area contributed by atoms with Crippen molar-refractivity contribution in [1.29, 1.82) is 0 Å². The molecule has 148 valence electrons. The van der Waals surface area contributed by atoms with Gasteiger partial charge in [-0.2, -0.15) is 13.2 Å². The maximum absolute atomic E-state index is 12.8. The molecule has 6 heteroatoms. The number of hydrogen-bond acceptors (Lipinski definition) is 2. The van der Waals surface area contributed by atoms with E-state index in [1.165, 1.54) is 17.8 Å². The van der Waals surface area contributed by atoms with Gasteiger partial charge in [0.1, 0.15) is 0 Å². The maximum atomic E-state index is 12.8. The van der Waals surface area contributed by atoms with E-state index in [0.29, 0.717) is 9.92 Å². The number of nitrogens with two attached hydrogens (primary N) is 1. The fourth-order valence-electron chi connectivity index (χ4n) is 3.05. The molecule has 2 N–H and O–H groups in total. The van der Waals surface area contributed by atoms with E-state index < -0.39 is 11.7 Å². The summed E-state index contributed by atoms with van der Waals surface area (Å²) in [6, 6.07) is 11.0. The van der Waals surface area contributed by atoms with Gasteiger partial charge >= 0.3 is 6.18 Å². The van der Waals surface area contributed by atoms with E-state index in [1.54, 1.807) is 6.07 Å². The van der Waals surface area contributed by atoms with Gasteiger partial charge in [0, 0.05) is 20.4 Å². The van der Waals surface area contributed by atoms with Crippen LogP contribution in [0.2, 0.25) is 5.02 Å². The lowest BCUT2D eigenvalue weighted by Crippen LogP contribution is -2.35. The predicted octanol–water partition coefficient (Wildman–Crippen LogP) is 7.35. The van der Waals surface area contributed by atoms with E-state index in [0.717, 1.165) is 54.7 Å². The summed E-state index contributed by atoms with van der Waals surface area (Å²) in [6.07, 6.45) is 0.435. The van der Waals surface area contributed by atoms with Crippen molar-refractivity contribution in [1.82, 2.24) is 0 Å². The first-order chi connectivity index (χ1) is 12.6. The van der Waals surface area contributed by atoms with Crippen LogP contribution in [-0.2, 0) is 12.6 Å². The molecule has 0 saturated carbocycles. The average molecular weight is 416 g/mol. The Morgan fingerprint density at radius 3 is 2.37 bits per heavy atom. The Kier molecular flexibility index (Phi) is 7.66. The van der Waals surface area contributed by atoms with Gasteiger partial charge in [0.05, 0.1) is 5.56 Å². The van der Waals surface area contributed by atoms with Gasteiger partial charge in [-0.3, -0.25) is 0 Å². The molecule has 0 aliphatic carbocycles. The smallest absolute Gasteiger partial charge is 0.325 e. The van der Waals surface area contributed by atoms with Gasteiger partial charge in [-0.25, -0.2) is 0 Å². The van der Waals surface area contributed by atoms with Crippen molar-refractivity contribution in [2.24, 2.45) is 5.73 Å². The fourth-order valence-corrected chi connectivity index (χ4v) is 4.30. The number of hydrogen-bond donors (Lipinski definition) is 1. The van der Waals surface area contributed by atoms with Crippen LogP contribution in [0.5, 0.6) is 0 Å². The molecule has 0 radical (unpaired) electrons. The van der Waals surface area contributed by atoms with Crippen molar-refractivity contribution in [3.05, 3.63) is 58.6 Å². The molecule has 2 aromatic rings. The van der Waals surface area contributed by atoms with Gasteiger partial charge in [-0.1, -0.05) is 48.8 Å². The highest BCUT2D eigenvalue weighted by atomic mass is 35.5. The summed E-state index contributed by atoms with van der Waals surface area (Å²) in [6.45, 7) is 4.20. The van der Waals surface area contributed by atoms with Crippen LogP contribution in [0.1, 0.15) is 50.7 Å². The van der Waals surface area contributed by atoms with E-state index >= 15 is 0 Å². The van der Waals surface area contributed by atoms with Crippen molar-refractivity contribution in [2.45, 2.75) is 67.5 Å². The molecule has 2 aromatic carbocycles. The maximum Gasteiger partial charge on any atom is 0.416 e. The van der Waals surface area contributed by atoms with Gasteiger partial charge in [0.15, 0.2) is 0 Å². The Morgan fingerprint density at radius 1 is 1.04 bits per heavy atom. The lowest BCUT2D eigenvalue weighted by Gasteiger charge is -2.24. The normalized spacial score (nSPS) is 14.2. The van der Waals surface area contributed by atoms with Crippen LogP contribution in [-0.4, -0.2) is 5.54 Å². The minimum Gasteiger partial charge on any atom is -0.325 e. The quantitative estimate of drug-likeness (QED) is 0.487. The van der Waals surface area contributed by atoms with Crippen LogP contribution in [0.25, 0.3) is 0 Å². The van der Waals surface area contributed by atoms with Gasteiger partial charge in [0.25, 0.3) is 0 Å². The van der Waals surface area contributed by atoms with Crippen molar-refractivity contribution >= 4 is 23.4 Å². The molecule has 0 spiro atoms. The molecule has 0 bridgehead atoms. The summed E-state index contributed by atoms with van der Waals surface area (Å²) < 4.78 is 38.5. The van der Waals surface area contributed by atoms with Crippen molar-refractivity contribution in [3.63, 3.8) is 0 Å². The molecular formula is C21H25ClF3NS. The van der Waals surface area contributed by atoms with Gasteiger partial charge in [0.2, 0.25) is 0 Å². The second-order valence-corrected chi connectivity index (χ2v) is 8.69. The molecule has 0 unspecified atom stereocenters. The number of aryl methyl sites for hydroxylation is 1. The van der Waals surface area contributed by atoms with Gasteiger partial charge < -0.3 is 5.73 Å². The first-order valence-corrected chi connectivity index (χ1v) is 10.2. The molecule has 0 heterocycles. The summed E-state index contributed by atoms with van der Waals surface area (Å²) >= 11 is 7.66. The highest BCUT2D eigenvalue weighted by molar-refractivity contribution is 7.99. The summed E-state index contributed by atoms with van der Waals surface area (Å²) in [7, 11) is 0. The molecule has 1 atom stereocenters. The topological polar surface area (TPSA) is 26.0 Å². The lowest BCUT2D eigenvalue weighted by molar-refractivity contribution is -0.137. The second kappa shape index (κ2) is 9.35. The highest BCUT2D eigenvalue weighted by Crippen LogP contribution is 2.35. The van der Waals surface area contributed by atoms with E-state index in [1.807, 2.05) is 18.2 Å². The SMILES string of the molecule is CCC[C@@](C)(N)CCCc1ccc(Sc2cccc(C(F)(F)F)c2)cc1Cl. The molecule has 0 fully saturated rings. The zero-order chi connectivity index (χ0) is 20.1. The number of benzene rings is 2. The Bertz CT molecular complexity index is 759. The van der Waals surface area contributed by atoms with Crippen LogP contribution in [0.4, 0.5) is 13.2 Å². The molecule has 0 aromatic heterocycles. The zero-order valence-electron chi connectivity index (χ0n) is 15.6. The fraction of sp³-hybridized carbons (Fsp3) is 0.429. The summed E-state index contributed by atoms with van der Waals surface area (Å²) in [5.74, 6) is 0. The number of rotatable bonds is 8. The molecule has 1 nitrogen and oxygen atoms in total. The largest absolute Gasteiger partial charge is 0.416 e. The van der Waals surface area contributed by atoms with E-state index in [9.17, 15) is 13.2 Å². The monoisotopic (exact) mass is 415 g/mol. The standard InChI is InChI=1S/C21H25ClF3NS/c1-3-11-20(2,26)12-5-6-15-9-10-18(14-19(15)22)27-17-8-4-7-16(13-17)21(23,24)25/h4,7-10,13-14H,3,5-6,11-12,26H2,1-2H3/t20-/m1/s1. The number of halogens is 4. The molecule has 2 rings (SSSR count). The van der Waals surface area contributed by atoms with Crippen LogP contribution >= 0.6 is 23.4 Å². The van der Waals surface area contributed by atoms with Crippen LogP contribution in [0, 0.1) is 0 Å². The molecule has 0 saturated heterocycles. The van der Waals surface area contributed by atoms with Crippen LogP contribution < -0.4 is 5.73 Å². The molecule has 0 aliphatic rings. The third kappa shape index (κ3) is 7.05. The zero-order valence-corrected chi connectivity index (χ0v) is 17.1. The minimum atomic E-state index is -4.34. The average Bonchev–Trinajstić information content (AvgIpc) is 2.56.